The van der Waals surface area contributed by atoms with Crippen molar-refractivity contribution in [3.63, 3.8) is 0 Å². The molecule has 0 aliphatic rings. The lowest BCUT2D eigenvalue weighted by atomic mass is 10.2. The molecule has 1 heterocycles. The number of amides is 1. The Hall–Kier alpha value is -3.45. The molecule has 0 saturated heterocycles. The molecule has 29 heavy (non-hydrogen) atoms. The zero-order valence-corrected chi connectivity index (χ0v) is 16.3. The molecule has 2 aromatic carbocycles. The van der Waals surface area contributed by atoms with E-state index in [1.54, 1.807) is 43.5 Å². The Labute approximate surface area is 170 Å². The summed E-state index contributed by atoms with van der Waals surface area (Å²) in [5.74, 6) is -0.188. The second-order valence-electron chi connectivity index (χ2n) is 5.76. The number of benzene rings is 2. The number of thioether (sulfide) groups is 1. The number of carbonyl (C=O) groups excluding carboxylic acids is 1. The maximum Gasteiger partial charge on any atom is 0.237 e. The summed E-state index contributed by atoms with van der Waals surface area (Å²) in [5, 5.41) is 20.9. The summed E-state index contributed by atoms with van der Waals surface area (Å²) in [4.78, 5) is 14.0. The summed E-state index contributed by atoms with van der Waals surface area (Å²) in [6.07, 6.45) is 0.0916. The predicted octanol–water partition coefficient (Wildman–Crippen LogP) is 2.85. The van der Waals surface area contributed by atoms with E-state index >= 15 is 0 Å². The van der Waals surface area contributed by atoms with E-state index in [-0.39, 0.29) is 30.3 Å². The molecule has 0 unspecified atom stereocenters. The first-order valence-electron chi connectivity index (χ1n) is 8.61. The summed E-state index contributed by atoms with van der Waals surface area (Å²) in [5.41, 5.74) is 0.851. The number of carbonyl (C=O) groups is 1. The number of rotatable bonds is 8. The van der Waals surface area contributed by atoms with Crippen molar-refractivity contribution >= 4 is 23.4 Å². The normalized spacial score (nSPS) is 10.4. The number of ether oxygens (including phenoxy) is 1. The number of hydrogen-bond donors (Lipinski definition) is 0. The molecule has 148 valence electrons. The van der Waals surface area contributed by atoms with Crippen LogP contribution in [0.2, 0.25) is 0 Å². The monoisotopic (exact) mass is 412 g/mol. The van der Waals surface area contributed by atoms with Gasteiger partial charge in [-0.3, -0.25) is 4.79 Å². The molecule has 0 bridgehead atoms. The first-order valence-corrected chi connectivity index (χ1v) is 9.60. The van der Waals surface area contributed by atoms with E-state index in [1.807, 2.05) is 6.07 Å². The summed E-state index contributed by atoms with van der Waals surface area (Å²) in [7, 11) is 1.58. The van der Waals surface area contributed by atoms with Gasteiger partial charge in [-0.05, 0) is 46.8 Å². The first-order chi connectivity index (χ1) is 14.1. The molecule has 0 N–H and O–H groups in total. The van der Waals surface area contributed by atoms with Gasteiger partial charge < -0.3 is 9.64 Å². The largest absolute Gasteiger partial charge is 0.497 e. The van der Waals surface area contributed by atoms with Crippen LogP contribution in [0.4, 0.5) is 10.1 Å². The highest BCUT2D eigenvalue weighted by Gasteiger charge is 2.20. The van der Waals surface area contributed by atoms with Crippen LogP contribution in [0.25, 0.3) is 5.69 Å². The molecule has 0 radical (unpaired) electrons. The third kappa shape index (κ3) is 4.89. The number of anilines is 1. The predicted molar refractivity (Wildman–Crippen MR) is 105 cm³/mol. The highest BCUT2D eigenvalue weighted by atomic mass is 32.2. The minimum Gasteiger partial charge on any atom is -0.497 e. The van der Waals surface area contributed by atoms with Crippen molar-refractivity contribution in [1.82, 2.24) is 20.2 Å². The lowest BCUT2D eigenvalue weighted by Gasteiger charge is -2.22. The molecule has 3 rings (SSSR count). The van der Waals surface area contributed by atoms with Gasteiger partial charge in [0.25, 0.3) is 0 Å². The van der Waals surface area contributed by atoms with Crippen LogP contribution in [0, 0.1) is 17.1 Å². The van der Waals surface area contributed by atoms with E-state index in [0.717, 1.165) is 11.8 Å². The quantitative estimate of drug-likeness (QED) is 0.525. The molecule has 0 spiro atoms. The van der Waals surface area contributed by atoms with Crippen molar-refractivity contribution in [1.29, 1.82) is 5.26 Å². The molecule has 8 nitrogen and oxygen atoms in total. The van der Waals surface area contributed by atoms with Gasteiger partial charge in [0, 0.05) is 6.54 Å². The van der Waals surface area contributed by atoms with Gasteiger partial charge >= 0.3 is 0 Å². The Bertz CT molecular complexity index is 1020. The van der Waals surface area contributed by atoms with Crippen LogP contribution in [0.1, 0.15) is 6.42 Å². The highest BCUT2D eigenvalue weighted by Crippen LogP contribution is 2.23. The van der Waals surface area contributed by atoms with Crippen LogP contribution in [0.15, 0.2) is 53.7 Å². The average molecular weight is 412 g/mol. The molecule has 3 aromatic rings. The third-order valence-corrected chi connectivity index (χ3v) is 4.88. The summed E-state index contributed by atoms with van der Waals surface area (Å²) in [6.45, 7) is 0.0975. The van der Waals surface area contributed by atoms with Crippen molar-refractivity contribution in [2.75, 3.05) is 24.3 Å². The van der Waals surface area contributed by atoms with Crippen LogP contribution in [-0.4, -0.2) is 45.5 Å². The van der Waals surface area contributed by atoms with Crippen molar-refractivity contribution in [2.45, 2.75) is 11.6 Å². The number of nitriles is 1. The van der Waals surface area contributed by atoms with Crippen LogP contribution in [0.5, 0.6) is 5.75 Å². The van der Waals surface area contributed by atoms with Gasteiger partial charge in [0.1, 0.15) is 11.6 Å². The van der Waals surface area contributed by atoms with E-state index < -0.39 is 5.82 Å². The van der Waals surface area contributed by atoms with Crippen LogP contribution < -0.4 is 9.64 Å². The number of para-hydroxylation sites is 1. The number of hydrogen-bond acceptors (Lipinski definition) is 7. The van der Waals surface area contributed by atoms with Crippen LogP contribution >= 0.6 is 11.8 Å². The Kier molecular flexibility index (Phi) is 6.76. The Morgan fingerprint density at radius 1 is 1.28 bits per heavy atom. The fourth-order valence-electron chi connectivity index (χ4n) is 2.57. The lowest BCUT2D eigenvalue weighted by Crippen LogP contribution is -2.34. The fourth-order valence-corrected chi connectivity index (χ4v) is 3.34. The van der Waals surface area contributed by atoms with Gasteiger partial charge in [0.05, 0.1) is 36.7 Å². The van der Waals surface area contributed by atoms with Crippen LogP contribution in [0.3, 0.4) is 0 Å². The second-order valence-corrected chi connectivity index (χ2v) is 6.71. The molecule has 0 aliphatic heterocycles. The van der Waals surface area contributed by atoms with Gasteiger partial charge in [-0.25, -0.2) is 4.39 Å². The summed E-state index contributed by atoms with van der Waals surface area (Å²) >= 11 is 1.13. The zero-order chi connectivity index (χ0) is 20.6. The molecule has 1 aromatic heterocycles. The molecule has 10 heteroatoms. The van der Waals surface area contributed by atoms with E-state index in [0.29, 0.717) is 16.6 Å². The number of aromatic nitrogens is 4. The smallest absolute Gasteiger partial charge is 0.237 e. The Morgan fingerprint density at radius 2 is 2.03 bits per heavy atom. The Balaban J connectivity index is 1.74. The van der Waals surface area contributed by atoms with Crippen molar-refractivity contribution < 1.29 is 13.9 Å². The number of nitrogens with zero attached hydrogens (tertiary/aromatic N) is 6. The standard InChI is InChI=1S/C19H17FN6O2S/c1-28-15-9-7-14(8-10-15)26-19(22-23-24-26)29-13-18(27)25(12-4-11-21)17-6-3-2-5-16(17)20/h2-3,5-10H,4,12-13H2,1H3. The maximum atomic E-state index is 14.2. The second kappa shape index (κ2) is 9.66. The van der Waals surface area contributed by atoms with E-state index in [1.165, 1.54) is 21.7 Å². The molecule has 0 fully saturated rings. The van der Waals surface area contributed by atoms with E-state index in [9.17, 15) is 9.18 Å². The molecule has 0 saturated carbocycles. The molecular formula is C19H17FN6O2S. The highest BCUT2D eigenvalue weighted by molar-refractivity contribution is 7.99. The fraction of sp³-hybridized carbons (Fsp3) is 0.211. The number of tetrazole rings is 1. The summed E-state index contributed by atoms with van der Waals surface area (Å²) < 4.78 is 20.8. The minimum absolute atomic E-state index is 0.0176. The molecule has 1 amide bonds. The van der Waals surface area contributed by atoms with Crippen molar-refractivity contribution in [3.8, 4) is 17.5 Å². The average Bonchev–Trinajstić information content (AvgIpc) is 3.22. The lowest BCUT2D eigenvalue weighted by molar-refractivity contribution is -0.116. The maximum absolute atomic E-state index is 14.2. The van der Waals surface area contributed by atoms with Gasteiger partial charge in [-0.1, -0.05) is 23.9 Å². The molecule has 0 atom stereocenters. The number of halogens is 1. The van der Waals surface area contributed by atoms with Gasteiger partial charge in [0.15, 0.2) is 0 Å². The number of methoxy groups -OCH3 is 1. The zero-order valence-electron chi connectivity index (χ0n) is 15.5. The molecular weight excluding hydrogens is 395 g/mol. The van der Waals surface area contributed by atoms with Gasteiger partial charge in [0.2, 0.25) is 11.1 Å². The van der Waals surface area contributed by atoms with Crippen molar-refractivity contribution in [3.05, 3.63) is 54.3 Å². The molecule has 0 aliphatic carbocycles. The third-order valence-electron chi connectivity index (χ3n) is 3.97. The van der Waals surface area contributed by atoms with Crippen LogP contribution in [-0.2, 0) is 4.79 Å². The van der Waals surface area contributed by atoms with Crippen molar-refractivity contribution in [2.24, 2.45) is 0 Å². The van der Waals surface area contributed by atoms with Gasteiger partial charge in [-0.2, -0.15) is 9.94 Å². The van der Waals surface area contributed by atoms with E-state index in [4.69, 9.17) is 10.00 Å². The van der Waals surface area contributed by atoms with Gasteiger partial charge in [-0.15, -0.1) is 5.10 Å². The SMILES string of the molecule is COc1ccc(-n2nnnc2SCC(=O)N(CCC#N)c2ccccc2F)cc1. The van der Waals surface area contributed by atoms with E-state index in [2.05, 4.69) is 15.5 Å². The topological polar surface area (TPSA) is 96.9 Å². The minimum atomic E-state index is -0.521. The summed E-state index contributed by atoms with van der Waals surface area (Å²) in [6, 6.07) is 15.1. The Morgan fingerprint density at radius 3 is 2.72 bits per heavy atom. The first kappa shape index (κ1) is 20.3.